The number of pyridine rings is 2. The lowest BCUT2D eigenvalue weighted by atomic mass is 10.1. The van der Waals surface area contributed by atoms with Crippen LogP contribution in [0.5, 0.6) is 11.5 Å². The number of ether oxygens (including phenoxy) is 3. The number of halogens is 6. The van der Waals surface area contributed by atoms with Gasteiger partial charge in [0.2, 0.25) is 0 Å². The Labute approximate surface area is 358 Å². The molecule has 0 saturated carbocycles. The zero-order valence-electron chi connectivity index (χ0n) is 34.3. The highest BCUT2D eigenvalue weighted by Crippen LogP contribution is 2.40. The fraction of sp³-hybridized carbons (Fsp3) is 0.191. The number of hydrogen-bond donors (Lipinski definition) is 1. The minimum absolute atomic E-state index is 0.00580. The van der Waals surface area contributed by atoms with E-state index < -0.39 is 35.4 Å². The van der Waals surface area contributed by atoms with Crippen molar-refractivity contribution in [1.82, 2.24) is 19.1 Å². The van der Waals surface area contributed by atoms with E-state index in [1.165, 1.54) is 18.2 Å². The number of phenolic OH excluding ortho intramolecular Hbond substituents is 1. The molecule has 326 valence electrons. The van der Waals surface area contributed by atoms with Crippen LogP contribution >= 0.6 is 0 Å². The highest BCUT2D eigenvalue weighted by atomic mass is 19.4. The number of aromatic hydroxyl groups is 1. The van der Waals surface area contributed by atoms with Crippen LogP contribution in [0.3, 0.4) is 0 Å². The van der Waals surface area contributed by atoms with Crippen LogP contribution in [0.1, 0.15) is 62.9 Å². The van der Waals surface area contributed by atoms with Crippen LogP contribution in [0, 0.1) is 13.8 Å². The van der Waals surface area contributed by atoms with Gasteiger partial charge in [-0.3, -0.25) is 9.13 Å². The van der Waals surface area contributed by atoms with Crippen LogP contribution in [0.25, 0.3) is 34.2 Å². The van der Waals surface area contributed by atoms with E-state index in [-0.39, 0.29) is 48.1 Å². The summed E-state index contributed by atoms with van der Waals surface area (Å²) in [5.41, 5.74) is 1.81. The van der Waals surface area contributed by atoms with E-state index in [0.29, 0.717) is 34.5 Å². The van der Waals surface area contributed by atoms with Gasteiger partial charge in [0, 0.05) is 22.5 Å². The lowest BCUT2D eigenvalue weighted by Crippen LogP contribution is -2.11. The Morgan fingerprint density at radius 3 is 1.56 bits per heavy atom. The molecule has 0 atom stereocenters. The predicted molar refractivity (Wildman–Crippen MR) is 222 cm³/mol. The molecule has 0 fully saturated rings. The Morgan fingerprint density at radius 1 is 0.587 bits per heavy atom. The Kier molecular flexibility index (Phi) is 13.7. The number of alkyl halides is 6. The summed E-state index contributed by atoms with van der Waals surface area (Å²) >= 11 is 0. The zero-order chi connectivity index (χ0) is 45.5. The second kappa shape index (κ2) is 19.1. The molecule has 0 aliphatic rings. The molecular weight excluding hydrogens is 831 g/mol. The van der Waals surface area contributed by atoms with Crippen molar-refractivity contribution in [3.05, 3.63) is 167 Å². The average molecular weight is 871 g/mol. The van der Waals surface area contributed by atoms with Gasteiger partial charge in [0.05, 0.1) is 35.7 Å². The van der Waals surface area contributed by atoms with E-state index in [0.717, 1.165) is 41.6 Å². The van der Waals surface area contributed by atoms with Gasteiger partial charge in [-0.15, -0.1) is 0 Å². The SMILES string of the molecule is CCOC(=O)c1cccc(-n2c(C)ccc2-c2cc(C(F)(F)F)ccc2O)n1.CCOC(=O)c1cccc(-n2c(C)ccc2-c2cc(C(F)(F)F)ccc2OCc2ccccc2)n1. The molecule has 0 saturated heterocycles. The summed E-state index contributed by atoms with van der Waals surface area (Å²) in [5.74, 6) is -0.486. The Balaban J connectivity index is 0.000000215. The van der Waals surface area contributed by atoms with E-state index in [2.05, 4.69) is 9.97 Å². The number of carbonyl (C=O) groups excluding carboxylic acids is 2. The normalized spacial score (nSPS) is 11.4. The lowest BCUT2D eigenvalue weighted by Gasteiger charge is -2.17. The van der Waals surface area contributed by atoms with Crippen molar-refractivity contribution >= 4 is 11.9 Å². The van der Waals surface area contributed by atoms with E-state index in [9.17, 15) is 41.0 Å². The third-order valence-corrected chi connectivity index (χ3v) is 9.47. The number of nitrogens with zero attached hydrogens (tertiary/aromatic N) is 4. The summed E-state index contributed by atoms with van der Waals surface area (Å²) in [6.45, 7) is 7.50. The second-order valence-corrected chi connectivity index (χ2v) is 13.8. The number of benzene rings is 3. The van der Waals surface area contributed by atoms with Crippen molar-refractivity contribution in [2.24, 2.45) is 0 Å². The maximum Gasteiger partial charge on any atom is 0.416 e. The molecule has 0 radical (unpaired) electrons. The van der Waals surface area contributed by atoms with Crippen molar-refractivity contribution in [1.29, 1.82) is 0 Å². The first-order chi connectivity index (χ1) is 30.0. The number of esters is 2. The van der Waals surface area contributed by atoms with Crippen LogP contribution in [0.15, 0.2) is 127 Å². The van der Waals surface area contributed by atoms with Gasteiger partial charge < -0.3 is 19.3 Å². The summed E-state index contributed by atoms with van der Waals surface area (Å²) in [4.78, 5) is 32.8. The average Bonchev–Trinajstić information content (AvgIpc) is 3.84. The molecule has 16 heteroatoms. The number of phenols is 1. The molecule has 0 bridgehead atoms. The largest absolute Gasteiger partial charge is 0.507 e. The van der Waals surface area contributed by atoms with Crippen LogP contribution in [-0.4, -0.2) is 49.4 Å². The van der Waals surface area contributed by atoms with Crippen LogP contribution in [-0.2, 0) is 28.4 Å². The van der Waals surface area contributed by atoms with Crippen molar-refractivity contribution in [3.8, 4) is 45.6 Å². The van der Waals surface area contributed by atoms with E-state index in [4.69, 9.17) is 14.2 Å². The Hall–Kier alpha value is -7.36. The van der Waals surface area contributed by atoms with Crippen molar-refractivity contribution in [2.45, 2.75) is 46.7 Å². The standard InChI is InChI=1S/C27H23F3N2O3.C20H17F3N2O3/c1-3-34-26(33)22-10-7-11-25(31-22)32-18(2)12-14-23(32)21-16-20(27(28,29)30)13-15-24(21)35-17-19-8-5-4-6-9-19;1-3-28-19(27)15-5-4-6-18(24-15)25-12(2)7-9-16(25)14-11-13(20(21,22)23)8-10-17(14)26/h4-16H,3,17H2,1-2H3;4-11,26H,3H2,1-2H3. The first-order valence-electron chi connectivity index (χ1n) is 19.4. The fourth-order valence-corrected chi connectivity index (χ4v) is 6.52. The molecule has 7 rings (SSSR count). The molecule has 7 aromatic rings. The third kappa shape index (κ3) is 10.6. The number of carbonyl (C=O) groups is 2. The van der Waals surface area contributed by atoms with Crippen molar-refractivity contribution in [3.63, 3.8) is 0 Å². The number of hydrogen-bond acceptors (Lipinski definition) is 8. The van der Waals surface area contributed by atoms with Crippen LogP contribution in [0.4, 0.5) is 26.3 Å². The monoisotopic (exact) mass is 870 g/mol. The molecule has 0 unspecified atom stereocenters. The minimum atomic E-state index is -4.54. The topological polar surface area (TPSA) is 118 Å². The first-order valence-corrected chi connectivity index (χ1v) is 19.4. The van der Waals surface area contributed by atoms with Gasteiger partial charge in [0.15, 0.2) is 11.4 Å². The molecule has 10 nitrogen and oxygen atoms in total. The van der Waals surface area contributed by atoms with Crippen LogP contribution in [0.2, 0.25) is 0 Å². The number of aryl methyl sites for hydroxylation is 2. The van der Waals surface area contributed by atoms with Gasteiger partial charge in [-0.1, -0.05) is 42.5 Å². The summed E-state index contributed by atoms with van der Waals surface area (Å²) < 4.78 is 99.3. The van der Waals surface area contributed by atoms with Crippen LogP contribution < -0.4 is 4.74 Å². The highest BCUT2D eigenvalue weighted by Gasteiger charge is 2.33. The molecule has 0 aliphatic carbocycles. The van der Waals surface area contributed by atoms with Gasteiger partial charge >= 0.3 is 24.3 Å². The molecule has 63 heavy (non-hydrogen) atoms. The van der Waals surface area contributed by atoms with Gasteiger partial charge in [-0.25, -0.2) is 19.6 Å². The summed E-state index contributed by atoms with van der Waals surface area (Å²) in [7, 11) is 0. The molecule has 4 aromatic heterocycles. The van der Waals surface area contributed by atoms with Gasteiger partial charge in [-0.2, -0.15) is 26.3 Å². The quantitative estimate of drug-likeness (QED) is 0.101. The summed E-state index contributed by atoms with van der Waals surface area (Å²) in [6.07, 6.45) is -9.07. The van der Waals surface area contributed by atoms with E-state index in [1.54, 1.807) is 85.4 Å². The molecule has 4 heterocycles. The van der Waals surface area contributed by atoms with Gasteiger partial charge in [0.1, 0.15) is 29.7 Å². The minimum Gasteiger partial charge on any atom is -0.507 e. The van der Waals surface area contributed by atoms with E-state index in [1.807, 2.05) is 30.3 Å². The molecule has 0 aliphatic heterocycles. The van der Waals surface area contributed by atoms with Crippen molar-refractivity contribution < 1.29 is 55.2 Å². The predicted octanol–water partition coefficient (Wildman–Crippen LogP) is 11.4. The second-order valence-electron chi connectivity index (χ2n) is 13.8. The maximum absolute atomic E-state index is 13.6. The highest BCUT2D eigenvalue weighted by molar-refractivity contribution is 5.88. The zero-order valence-corrected chi connectivity index (χ0v) is 34.3. The van der Waals surface area contributed by atoms with E-state index >= 15 is 0 Å². The summed E-state index contributed by atoms with van der Waals surface area (Å²) in [5, 5.41) is 10.2. The number of aromatic nitrogens is 4. The lowest BCUT2D eigenvalue weighted by molar-refractivity contribution is -0.138. The third-order valence-electron chi connectivity index (χ3n) is 9.47. The summed E-state index contributed by atoms with van der Waals surface area (Å²) in [6, 6.07) is 31.8. The van der Waals surface area contributed by atoms with Gasteiger partial charge in [-0.05, 0) is 118 Å². The van der Waals surface area contributed by atoms with Gasteiger partial charge in [0.25, 0.3) is 0 Å². The van der Waals surface area contributed by atoms with Crippen molar-refractivity contribution in [2.75, 3.05) is 13.2 Å². The molecule has 3 aromatic carbocycles. The molecule has 0 spiro atoms. The molecule has 1 N–H and O–H groups in total. The maximum atomic E-state index is 13.6. The molecule has 0 amide bonds. The Bertz CT molecular complexity index is 2730. The molecular formula is C47H40F6N4O6. The smallest absolute Gasteiger partial charge is 0.416 e. The fourth-order valence-electron chi connectivity index (χ4n) is 6.52. The first kappa shape index (κ1) is 45.2. The Morgan fingerprint density at radius 2 is 1.06 bits per heavy atom. The number of rotatable bonds is 11.